The SMILES string of the molecule is [CH2]C(OCC)N1CCNCC1. The Kier molecular flexibility index (Phi) is 3.83. The lowest BCUT2D eigenvalue weighted by Crippen LogP contribution is -2.48. The van der Waals surface area contributed by atoms with E-state index in [0.717, 1.165) is 32.8 Å². The van der Waals surface area contributed by atoms with Crippen LogP contribution in [-0.2, 0) is 4.74 Å². The van der Waals surface area contributed by atoms with Gasteiger partial charge in [0.15, 0.2) is 0 Å². The fourth-order valence-electron chi connectivity index (χ4n) is 1.27. The van der Waals surface area contributed by atoms with Crippen molar-refractivity contribution in [3.05, 3.63) is 6.92 Å². The molecule has 3 heteroatoms. The molecule has 1 radical (unpaired) electrons. The second kappa shape index (κ2) is 4.70. The first-order chi connectivity index (χ1) is 5.34. The van der Waals surface area contributed by atoms with E-state index in [-0.39, 0.29) is 6.23 Å². The van der Waals surface area contributed by atoms with Crippen molar-refractivity contribution in [2.45, 2.75) is 13.2 Å². The van der Waals surface area contributed by atoms with Crippen molar-refractivity contribution in [1.82, 2.24) is 10.2 Å². The van der Waals surface area contributed by atoms with Gasteiger partial charge in [-0.2, -0.15) is 0 Å². The standard InChI is InChI=1S/C8H17N2O/c1-3-11-8(2)10-6-4-9-5-7-10/h8-9H,2-7H2,1H3. The van der Waals surface area contributed by atoms with Gasteiger partial charge in [0, 0.05) is 32.8 Å². The molecule has 0 aromatic heterocycles. The third kappa shape index (κ3) is 2.77. The molecule has 0 saturated carbocycles. The smallest absolute Gasteiger partial charge is 0.110 e. The largest absolute Gasteiger partial charge is 0.363 e. The van der Waals surface area contributed by atoms with Crippen LogP contribution in [0.5, 0.6) is 0 Å². The maximum atomic E-state index is 5.37. The Hall–Kier alpha value is -0.120. The molecule has 1 N–H and O–H groups in total. The zero-order chi connectivity index (χ0) is 8.10. The maximum Gasteiger partial charge on any atom is 0.110 e. The Morgan fingerprint density at radius 3 is 2.73 bits per heavy atom. The molecule has 0 aliphatic carbocycles. The van der Waals surface area contributed by atoms with Crippen LogP contribution in [0, 0.1) is 6.92 Å². The van der Waals surface area contributed by atoms with E-state index in [9.17, 15) is 0 Å². The summed E-state index contributed by atoms with van der Waals surface area (Å²) in [6.45, 7) is 10.9. The molecular formula is C8H17N2O. The van der Waals surface area contributed by atoms with E-state index in [1.807, 2.05) is 6.92 Å². The van der Waals surface area contributed by atoms with E-state index in [0.29, 0.717) is 0 Å². The Morgan fingerprint density at radius 2 is 2.18 bits per heavy atom. The predicted octanol–water partition coefficient (Wildman–Crippen LogP) is 0.0883. The number of ether oxygens (including phenoxy) is 1. The summed E-state index contributed by atoms with van der Waals surface area (Å²) in [5.41, 5.74) is 0. The lowest BCUT2D eigenvalue weighted by Gasteiger charge is -2.32. The molecule has 1 aliphatic heterocycles. The lowest BCUT2D eigenvalue weighted by molar-refractivity contribution is -0.0292. The normalized spacial score (nSPS) is 23.5. The summed E-state index contributed by atoms with van der Waals surface area (Å²) in [4.78, 5) is 2.25. The van der Waals surface area contributed by atoms with Crippen LogP contribution in [0.1, 0.15) is 6.92 Å². The van der Waals surface area contributed by atoms with Crippen LogP contribution in [-0.4, -0.2) is 43.9 Å². The Labute approximate surface area is 68.7 Å². The highest BCUT2D eigenvalue weighted by molar-refractivity contribution is 4.71. The van der Waals surface area contributed by atoms with Crippen LogP contribution >= 0.6 is 0 Å². The molecule has 1 unspecified atom stereocenters. The minimum Gasteiger partial charge on any atom is -0.363 e. The van der Waals surface area contributed by atoms with E-state index < -0.39 is 0 Å². The molecule has 0 bridgehead atoms. The summed E-state index contributed by atoms with van der Waals surface area (Å²) in [5, 5.41) is 3.29. The van der Waals surface area contributed by atoms with Gasteiger partial charge < -0.3 is 10.1 Å². The third-order valence-electron chi connectivity index (χ3n) is 1.92. The molecule has 1 heterocycles. The Bertz CT molecular complexity index is 102. The molecule has 65 valence electrons. The van der Waals surface area contributed by atoms with Gasteiger partial charge in [-0.3, -0.25) is 4.90 Å². The zero-order valence-corrected chi connectivity index (χ0v) is 7.18. The summed E-state index contributed by atoms with van der Waals surface area (Å²) in [7, 11) is 0. The van der Waals surface area contributed by atoms with Crippen LogP contribution in [0.4, 0.5) is 0 Å². The fraction of sp³-hybridized carbons (Fsp3) is 0.875. The highest BCUT2D eigenvalue weighted by Crippen LogP contribution is 2.00. The summed E-state index contributed by atoms with van der Waals surface area (Å²) in [6, 6.07) is 0. The van der Waals surface area contributed by atoms with E-state index in [1.54, 1.807) is 0 Å². The average Bonchev–Trinajstić information content (AvgIpc) is 2.07. The number of nitrogens with zero attached hydrogens (tertiary/aromatic N) is 1. The molecule has 0 aromatic carbocycles. The van der Waals surface area contributed by atoms with E-state index in [4.69, 9.17) is 4.74 Å². The van der Waals surface area contributed by atoms with Gasteiger partial charge in [-0.05, 0) is 13.8 Å². The molecule has 11 heavy (non-hydrogen) atoms. The number of piperazine rings is 1. The predicted molar refractivity (Wildman–Crippen MR) is 45.2 cm³/mol. The maximum absolute atomic E-state index is 5.37. The molecule has 0 spiro atoms. The number of rotatable bonds is 3. The lowest BCUT2D eigenvalue weighted by atomic mass is 10.3. The first kappa shape index (κ1) is 8.97. The van der Waals surface area contributed by atoms with Crippen molar-refractivity contribution >= 4 is 0 Å². The van der Waals surface area contributed by atoms with E-state index in [1.165, 1.54) is 0 Å². The summed E-state index contributed by atoms with van der Waals surface area (Å²) < 4.78 is 5.37. The van der Waals surface area contributed by atoms with Crippen LogP contribution < -0.4 is 5.32 Å². The number of nitrogens with one attached hydrogen (secondary N) is 1. The summed E-state index contributed by atoms with van der Waals surface area (Å²) in [6.07, 6.45) is 0.0436. The second-order valence-corrected chi connectivity index (χ2v) is 2.70. The Morgan fingerprint density at radius 1 is 1.55 bits per heavy atom. The van der Waals surface area contributed by atoms with E-state index in [2.05, 4.69) is 17.1 Å². The van der Waals surface area contributed by atoms with Crippen molar-refractivity contribution in [1.29, 1.82) is 0 Å². The van der Waals surface area contributed by atoms with Gasteiger partial charge in [0.25, 0.3) is 0 Å². The van der Waals surface area contributed by atoms with Gasteiger partial charge in [0.1, 0.15) is 6.23 Å². The van der Waals surface area contributed by atoms with Gasteiger partial charge in [-0.25, -0.2) is 0 Å². The second-order valence-electron chi connectivity index (χ2n) is 2.70. The minimum absolute atomic E-state index is 0.0436. The van der Waals surface area contributed by atoms with Crippen LogP contribution in [0.3, 0.4) is 0 Å². The molecule has 0 amide bonds. The molecule has 3 nitrogen and oxygen atoms in total. The molecule has 1 saturated heterocycles. The number of hydrogen-bond acceptors (Lipinski definition) is 3. The average molecular weight is 157 g/mol. The highest BCUT2D eigenvalue weighted by Gasteiger charge is 2.15. The van der Waals surface area contributed by atoms with Crippen molar-refractivity contribution in [3.63, 3.8) is 0 Å². The molecular weight excluding hydrogens is 140 g/mol. The third-order valence-corrected chi connectivity index (χ3v) is 1.92. The molecule has 1 atom stereocenters. The molecule has 0 aromatic rings. The van der Waals surface area contributed by atoms with Crippen LogP contribution in [0.25, 0.3) is 0 Å². The summed E-state index contributed by atoms with van der Waals surface area (Å²) in [5.74, 6) is 0. The van der Waals surface area contributed by atoms with Crippen LogP contribution in [0.2, 0.25) is 0 Å². The van der Waals surface area contributed by atoms with Crippen molar-refractivity contribution in [2.75, 3.05) is 32.8 Å². The van der Waals surface area contributed by atoms with Gasteiger partial charge in [0.05, 0.1) is 0 Å². The van der Waals surface area contributed by atoms with Gasteiger partial charge in [0.2, 0.25) is 0 Å². The summed E-state index contributed by atoms with van der Waals surface area (Å²) >= 11 is 0. The van der Waals surface area contributed by atoms with E-state index >= 15 is 0 Å². The van der Waals surface area contributed by atoms with Crippen molar-refractivity contribution in [3.8, 4) is 0 Å². The fourth-order valence-corrected chi connectivity index (χ4v) is 1.27. The highest BCUT2D eigenvalue weighted by atomic mass is 16.5. The number of hydrogen-bond donors (Lipinski definition) is 1. The first-order valence-corrected chi connectivity index (χ1v) is 4.24. The molecule has 1 rings (SSSR count). The molecule has 1 aliphatic rings. The van der Waals surface area contributed by atoms with Gasteiger partial charge >= 0.3 is 0 Å². The zero-order valence-electron chi connectivity index (χ0n) is 7.18. The topological polar surface area (TPSA) is 24.5 Å². The van der Waals surface area contributed by atoms with Crippen molar-refractivity contribution < 1.29 is 4.74 Å². The minimum atomic E-state index is 0.0436. The first-order valence-electron chi connectivity index (χ1n) is 4.24. The quantitative estimate of drug-likeness (QED) is 0.628. The Balaban J connectivity index is 2.21. The van der Waals surface area contributed by atoms with Gasteiger partial charge in [-0.1, -0.05) is 0 Å². The van der Waals surface area contributed by atoms with Gasteiger partial charge in [-0.15, -0.1) is 0 Å². The van der Waals surface area contributed by atoms with Crippen LogP contribution in [0.15, 0.2) is 0 Å². The molecule has 1 fully saturated rings. The van der Waals surface area contributed by atoms with Crippen molar-refractivity contribution in [2.24, 2.45) is 0 Å². The monoisotopic (exact) mass is 157 g/mol.